The molecule has 4 atom stereocenters. The normalized spacial score (nSPS) is 23.9. The first kappa shape index (κ1) is 29.0. The fraction of sp³-hybridized carbons (Fsp3) is 0.229. The number of benzene rings is 6. The van der Waals surface area contributed by atoms with Gasteiger partial charge in [-0.05, 0) is 101 Å². The van der Waals surface area contributed by atoms with E-state index in [1.165, 1.54) is 71.6 Å². The van der Waals surface area contributed by atoms with Crippen molar-refractivity contribution in [2.45, 2.75) is 49.4 Å². The molecule has 0 amide bonds. The monoisotopic (exact) mass is 671 g/mol. The lowest BCUT2D eigenvalue weighted by Crippen LogP contribution is -2.39. The highest BCUT2D eigenvalue weighted by molar-refractivity contribution is 5.97. The fourth-order valence-electron chi connectivity index (χ4n) is 11.6. The summed E-state index contributed by atoms with van der Waals surface area (Å²) >= 11 is 0. The van der Waals surface area contributed by atoms with Crippen molar-refractivity contribution in [3.05, 3.63) is 162 Å². The number of para-hydroxylation sites is 2. The Hall–Kier alpha value is -5.61. The maximum atomic E-state index is 6.61. The molecule has 2 heterocycles. The Morgan fingerprint density at radius 2 is 1.13 bits per heavy atom. The second-order valence-corrected chi connectivity index (χ2v) is 16.0. The Kier molecular flexibility index (Phi) is 5.85. The number of ether oxygens (including phenoxy) is 1. The van der Waals surface area contributed by atoms with Crippen molar-refractivity contribution in [2.75, 3.05) is 0 Å². The van der Waals surface area contributed by atoms with Crippen molar-refractivity contribution in [1.29, 1.82) is 0 Å². The molecule has 1 aliphatic heterocycles. The van der Waals surface area contributed by atoms with E-state index in [0.717, 1.165) is 69.0 Å². The van der Waals surface area contributed by atoms with Crippen molar-refractivity contribution < 1.29 is 4.74 Å². The summed E-state index contributed by atoms with van der Waals surface area (Å²) in [5, 5.41) is 2.38. The molecule has 1 spiro atoms. The predicted molar refractivity (Wildman–Crippen MR) is 205 cm³/mol. The summed E-state index contributed by atoms with van der Waals surface area (Å²) in [5.41, 5.74) is 8.88. The van der Waals surface area contributed by atoms with E-state index in [1.807, 2.05) is 0 Å². The average Bonchev–Trinajstić information content (AvgIpc) is 3.61. The average molecular weight is 672 g/mol. The molecule has 3 saturated carbocycles. The van der Waals surface area contributed by atoms with E-state index in [0.29, 0.717) is 0 Å². The molecule has 1 aromatic heterocycles. The lowest BCUT2D eigenvalue weighted by molar-refractivity contribution is 0.131. The molecule has 3 unspecified atom stereocenters. The van der Waals surface area contributed by atoms with Gasteiger partial charge in [0.2, 0.25) is 0 Å². The Balaban J connectivity index is 1.15. The van der Waals surface area contributed by atoms with Crippen LogP contribution in [0, 0.1) is 17.8 Å². The number of aromatic nitrogens is 3. The van der Waals surface area contributed by atoms with Crippen molar-refractivity contribution in [2.24, 2.45) is 17.8 Å². The van der Waals surface area contributed by atoms with E-state index in [2.05, 4.69) is 133 Å². The Morgan fingerprint density at radius 1 is 0.519 bits per heavy atom. The largest absolute Gasteiger partial charge is 0.457 e. The molecule has 0 radical (unpaired) electrons. The molecule has 6 aromatic carbocycles. The second-order valence-electron chi connectivity index (χ2n) is 16.0. The van der Waals surface area contributed by atoms with Crippen molar-refractivity contribution >= 4 is 10.8 Å². The van der Waals surface area contributed by atoms with E-state index in [4.69, 9.17) is 19.7 Å². The van der Waals surface area contributed by atoms with Gasteiger partial charge in [0.25, 0.3) is 0 Å². The molecule has 12 rings (SSSR count). The molecule has 52 heavy (non-hydrogen) atoms. The van der Waals surface area contributed by atoms with E-state index < -0.39 is 5.41 Å². The first-order chi connectivity index (χ1) is 25.7. The maximum Gasteiger partial charge on any atom is 0.164 e. The van der Waals surface area contributed by atoms with Crippen LogP contribution in [-0.2, 0) is 10.8 Å². The molecule has 4 heteroatoms. The molecule has 250 valence electrons. The minimum Gasteiger partial charge on any atom is -0.457 e. The van der Waals surface area contributed by atoms with E-state index >= 15 is 0 Å². The quantitative estimate of drug-likeness (QED) is 0.188. The van der Waals surface area contributed by atoms with E-state index in [9.17, 15) is 0 Å². The molecule has 0 saturated heterocycles. The highest BCUT2D eigenvalue weighted by Gasteiger charge is 2.55. The smallest absolute Gasteiger partial charge is 0.164 e. The van der Waals surface area contributed by atoms with Gasteiger partial charge in [-0.25, -0.2) is 15.0 Å². The Morgan fingerprint density at radius 3 is 1.98 bits per heavy atom. The molecule has 3 bridgehead atoms. The Labute approximate surface area is 303 Å². The number of hydrogen-bond donors (Lipinski definition) is 0. The molecule has 4 nitrogen and oxygen atoms in total. The van der Waals surface area contributed by atoms with Crippen molar-refractivity contribution in [3.8, 4) is 45.4 Å². The fourth-order valence-corrected chi connectivity index (χ4v) is 11.6. The third-order valence-corrected chi connectivity index (χ3v) is 13.5. The van der Waals surface area contributed by atoms with Crippen LogP contribution in [0.1, 0.15) is 66.6 Å². The summed E-state index contributed by atoms with van der Waals surface area (Å²) in [7, 11) is 0. The van der Waals surface area contributed by atoms with Gasteiger partial charge in [-0.15, -0.1) is 0 Å². The number of fused-ring (bicyclic) bond motifs is 12. The molecular formula is C48H37N3O. The third-order valence-electron chi connectivity index (χ3n) is 13.5. The first-order valence-electron chi connectivity index (χ1n) is 19.0. The zero-order valence-corrected chi connectivity index (χ0v) is 28.9. The molecule has 7 aromatic rings. The van der Waals surface area contributed by atoms with Crippen LogP contribution in [0.3, 0.4) is 0 Å². The highest BCUT2D eigenvalue weighted by atomic mass is 16.5. The van der Waals surface area contributed by atoms with Crippen LogP contribution < -0.4 is 4.74 Å². The summed E-state index contributed by atoms with van der Waals surface area (Å²) in [6.07, 6.45) is 7.65. The van der Waals surface area contributed by atoms with Gasteiger partial charge < -0.3 is 4.74 Å². The van der Waals surface area contributed by atoms with Gasteiger partial charge >= 0.3 is 0 Å². The first-order valence-corrected chi connectivity index (χ1v) is 19.0. The molecule has 4 aliphatic carbocycles. The standard InChI is InChI=1S/C48H37N3O/c1-2-13-33-30(11-1)12-9-15-34(33)44-49-45(51-46(50-44)47-24-23-31-25-29(27-47)26-32(31)28-47)36-16-10-20-40-43(36)35-14-3-4-17-37(35)48(40)38-18-5-7-21-41(38)52-42-22-8-6-19-39(42)48/h1-22,29,31-32H,23-28H2/t29-,31?,32?,47?/m1/s1. The van der Waals surface area contributed by atoms with Gasteiger partial charge in [0.05, 0.1) is 5.41 Å². The van der Waals surface area contributed by atoms with Crippen LogP contribution in [0.5, 0.6) is 11.5 Å². The van der Waals surface area contributed by atoms with Gasteiger partial charge in [0, 0.05) is 27.7 Å². The molecule has 3 fully saturated rings. The van der Waals surface area contributed by atoms with Crippen LogP contribution in [0.4, 0.5) is 0 Å². The van der Waals surface area contributed by atoms with Crippen molar-refractivity contribution in [3.63, 3.8) is 0 Å². The number of rotatable bonds is 3. The Bertz CT molecular complexity index is 2570. The summed E-state index contributed by atoms with van der Waals surface area (Å²) < 4.78 is 6.61. The highest BCUT2D eigenvalue weighted by Crippen LogP contribution is 2.64. The van der Waals surface area contributed by atoms with E-state index in [-0.39, 0.29) is 5.41 Å². The summed E-state index contributed by atoms with van der Waals surface area (Å²) in [5.74, 6) is 6.84. The minimum atomic E-state index is -0.540. The minimum absolute atomic E-state index is 0.00722. The zero-order chi connectivity index (χ0) is 34.0. The second kappa shape index (κ2) is 10.5. The number of hydrogen-bond acceptors (Lipinski definition) is 4. The van der Waals surface area contributed by atoms with Crippen LogP contribution in [0.2, 0.25) is 0 Å². The summed E-state index contributed by atoms with van der Waals surface area (Å²) in [4.78, 5) is 16.6. The van der Waals surface area contributed by atoms with Gasteiger partial charge in [0.15, 0.2) is 11.6 Å². The maximum absolute atomic E-state index is 6.61. The van der Waals surface area contributed by atoms with Crippen LogP contribution in [-0.4, -0.2) is 15.0 Å². The third kappa shape index (κ3) is 3.80. The van der Waals surface area contributed by atoms with Crippen LogP contribution in [0.25, 0.3) is 44.7 Å². The van der Waals surface area contributed by atoms with Gasteiger partial charge in [-0.2, -0.15) is 0 Å². The summed E-state index contributed by atoms with van der Waals surface area (Å²) in [6, 6.07) is 48.0. The van der Waals surface area contributed by atoms with Gasteiger partial charge in [-0.3, -0.25) is 0 Å². The van der Waals surface area contributed by atoms with Gasteiger partial charge in [-0.1, -0.05) is 121 Å². The molecular weight excluding hydrogens is 635 g/mol. The van der Waals surface area contributed by atoms with Gasteiger partial charge in [0.1, 0.15) is 17.3 Å². The zero-order valence-electron chi connectivity index (χ0n) is 28.9. The topological polar surface area (TPSA) is 47.9 Å². The molecule has 0 N–H and O–H groups in total. The van der Waals surface area contributed by atoms with Crippen molar-refractivity contribution in [1.82, 2.24) is 15.0 Å². The lowest BCUT2D eigenvalue weighted by Gasteiger charge is -2.44. The predicted octanol–water partition coefficient (Wildman–Crippen LogP) is 11.3. The lowest BCUT2D eigenvalue weighted by atomic mass is 9.61. The van der Waals surface area contributed by atoms with Crippen LogP contribution >= 0.6 is 0 Å². The summed E-state index contributed by atoms with van der Waals surface area (Å²) in [6.45, 7) is 0. The number of nitrogens with zero attached hydrogens (tertiary/aromatic N) is 3. The van der Waals surface area contributed by atoms with E-state index in [1.54, 1.807) is 0 Å². The molecule has 5 aliphatic rings. The SMILES string of the molecule is c1ccc2c(c1)Oc1ccccc1C21c2ccccc2-c2c(-c3nc(-c4cccc5ccccc45)nc(C45CCC6C[C@H](CC6C4)C5)n3)cccc21. The van der Waals surface area contributed by atoms with Crippen LogP contribution in [0.15, 0.2) is 133 Å².